The van der Waals surface area contributed by atoms with Gasteiger partial charge in [0.15, 0.2) is 0 Å². The van der Waals surface area contributed by atoms with Gasteiger partial charge >= 0.3 is 0 Å². The van der Waals surface area contributed by atoms with Crippen molar-refractivity contribution in [3.8, 4) is 17.4 Å². The number of nitrogens with one attached hydrogen (secondary N) is 1. The zero-order chi connectivity index (χ0) is 15.1. The number of aromatic nitrogens is 2. The summed E-state index contributed by atoms with van der Waals surface area (Å²) in [5.74, 6) is 2.70. The van der Waals surface area contributed by atoms with Gasteiger partial charge in [0.1, 0.15) is 11.5 Å². The van der Waals surface area contributed by atoms with Crippen molar-refractivity contribution in [1.82, 2.24) is 9.97 Å². The van der Waals surface area contributed by atoms with E-state index in [0.717, 1.165) is 30.0 Å². The van der Waals surface area contributed by atoms with Crippen molar-refractivity contribution < 1.29 is 9.47 Å². The van der Waals surface area contributed by atoms with Crippen LogP contribution in [0.4, 0.5) is 5.95 Å². The molecule has 1 aromatic carbocycles. The number of anilines is 1. The van der Waals surface area contributed by atoms with Gasteiger partial charge in [-0.2, -0.15) is 4.98 Å². The first-order valence-corrected chi connectivity index (χ1v) is 7.21. The first kappa shape index (κ1) is 15.1. The van der Waals surface area contributed by atoms with Gasteiger partial charge in [0, 0.05) is 18.3 Å². The minimum absolute atomic E-state index is 0.563. The van der Waals surface area contributed by atoms with Crippen LogP contribution in [0, 0.1) is 6.92 Å². The zero-order valence-corrected chi connectivity index (χ0v) is 12.7. The van der Waals surface area contributed by atoms with E-state index in [0.29, 0.717) is 18.4 Å². The minimum Gasteiger partial charge on any atom is -0.494 e. The Kier molecular flexibility index (Phi) is 5.37. The molecule has 1 aromatic heterocycles. The van der Waals surface area contributed by atoms with Gasteiger partial charge in [-0.1, -0.05) is 6.92 Å². The number of aryl methyl sites for hydroxylation is 1. The number of hydrogen-bond acceptors (Lipinski definition) is 5. The van der Waals surface area contributed by atoms with Gasteiger partial charge in [0.05, 0.1) is 6.61 Å². The largest absolute Gasteiger partial charge is 0.494 e. The van der Waals surface area contributed by atoms with Gasteiger partial charge in [-0.05, 0) is 44.5 Å². The van der Waals surface area contributed by atoms with Crippen LogP contribution in [0.25, 0.3) is 0 Å². The maximum atomic E-state index is 5.82. The quantitative estimate of drug-likeness (QED) is 0.839. The van der Waals surface area contributed by atoms with Crippen LogP contribution in [0.2, 0.25) is 0 Å². The monoisotopic (exact) mass is 287 g/mol. The molecule has 0 bridgehead atoms. The van der Waals surface area contributed by atoms with Crippen molar-refractivity contribution in [2.24, 2.45) is 0 Å². The summed E-state index contributed by atoms with van der Waals surface area (Å²) in [6, 6.07) is 7.49. The van der Waals surface area contributed by atoms with Crippen LogP contribution < -0.4 is 14.8 Å². The molecule has 2 rings (SSSR count). The van der Waals surface area contributed by atoms with Crippen LogP contribution in [0.15, 0.2) is 30.5 Å². The molecule has 1 heterocycles. The molecule has 0 aliphatic rings. The molecule has 0 spiro atoms. The van der Waals surface area contributed by atoms with Crippen LogP contribution in [0.1, 0.15) is 25.8 Å². The van der Waals surface area contributed by atoms with Gasteiger partial charge in [-0.3, -0.25) is 0 Å². The topological polar surface area (TPSA) is 56.3 Å². The second-order valence-corrected chi connectivity index (χ2v) is 4.62. The van der Waals surface area contributed by atoms with Crippen LogP contribution in [0.3, 0.4) is 0 Å². The van der Waals surface area contributed by atoms with E-state index in [1.165, 1.54) is 0 Å². The highest BCUT2D eigenvalue weighted by Gasteiger charge is 2.06. The van der Waals surface area contributed by atoms with E-state index in [9.17, 15) is 0 Å². The van der Waals surface area contributed by atoms with E-state index in [2.05, 4.69) is 22.2 Å². The summed E-state index contributed by atoms with van der Waals surface area (Å²) in [6.07, 6.45) is 2.78. The molecule has 0 amide bonds. The second-order valence-electron chi connectivity index (χ2n) is 4.62. The molecule has 0 atom stereocenters. The number of ether oxygens (including phenoxy) is 2. The smallest absolute Gasteiger partial charge is 0.226 e. The molecule has 0 aliphatic heterocycles. The number of hydrogen-bond donors (Lipinski definition) is 1. The first-order chi connectivity index (χ1) is 10.2. The van der Waals surface area contributed by atoms with Crippen LogP contribution in [-0.4, -0.2) is 23.1 Å². The zero-order valence-electron chi connectivity index (χ0n) is 12.7. The van der Waals surface area contributed by atoms with Crippen molar-refractivity contribution >= 4 is 5.95 Å². The summed E-state index contributed by atoms with van der Waals surface area (Å²) in [6.45, 7) is 7.47. The Morgan fingerprint density at radius 1 is 1.10 bits per heavy atom. The van der Waals surface area contributed by atoms with Gasteiger partial charge in [0.25, 0.3) is 0 Å². The lowest BCUT2D eigenvalue weighted by molar-refractivity contribution is 0.339. The van der Waals surface area contributed by atoms with Gasteiger partial charge in [-0.15, -0.1) is 0 Å². The fraction of sp³-hybridized carbons (Fsp3) is 0.375. The molecule has 5 heteroatoms. The summed E-state index contributed by atoms with van der Waals surface area (Å²) >= 11 is 0. The molecule has 0 unspecified atom stereocenters. The molecule has 1 N–H and O–H groups in total. The lowest BCUT2D eigenvalue weighted by Crippen LogP contribution is -2.05. The summed E-state index contributed by atoms with van der Waals surface area (Å²) < 4.78 is 11.2. The average Bonchev–Trinajstić information content (AvgIpc) is 2.50. The fourth-order valence-electron chi connectivity index (χ4n) is 1.73. The first-order valence-electron chi connectivity index (χ1n) is 7.21. The van der Waals surface area contributed by atoms with E-state index in [4.69, 9.17) is 9.47 Å². The van der Waals surface area contributed by atoms with Crippen molar-refractivity contribution in [2.45, 2.75) is 27.2 Å². The van der Waals surface area contributed by atoms with Gasteiger partial charge < -0.3 is 14.8 Å². The van der Waals surface area contributed by atoms with E-state index in [1.807, 2.05) is 38.1 Å². The third-order valence-corrected chi connectivity index (χ3v) is 2.81. The number of rotatable bonds is 7. The lowest BCUT2D eigenvalue weighted by Gasteiger charge is -2.10. The Bertz CT molecular complexity index is 570. The number of nitrogens with zero attached hydrogens (tertiary/aromatic N) is 2. The maximum Gasteiger partial charge on any atom is 0.226 e. The highest BCUT2D eigenvalue weighted by Crippen LogP contribution is 2.25. The van der Waals surface area contributed by atoms with Crippen molar-refractivity contribution in [2.75, 3.05) is 18.5 Å². The molecule has 0 saturated heterocycles. The van der Waals surface area contributed by atoms with Gasteiger partial charge in [0.2, 0.25) is 11.8 Å². The second kappa shape index (κ2) is 7.47. The van der Waals surface area contributed by atoms with Crippen molar-refractivity contribution in [3.05, 3.63) is 36.0 Å². The molecule has 0 saturated carbocycles. The standard InChI is InChI=1S/C16H21N3O2/c1-4-10-17-16-18-11-12(3)15(19-16)21-14-8-6-13(7-9-14)20-5-2/h6-9,11H,4-5,10H2,1-3H3,(H,17,18,19). The Labute approximate surface area is 125 Å². The molecule has 0 radical (unpaired) electrons. The molecule has 112 valence electrons. The van der Waals surface area contributed by atoms with Crippen molar-refractivity contribution in [3.63, 3.8) is 0 Å². The highest BCUT2D eigenvalue weighted by molar-refractivity contribution is 5.38. The Balaban J connectivity index is 2.10. The Morgan fingerprint density at radius 3 is 2.48 bits per heavy atom. The summed E-state index contributed by atoms with van der Waals surface area (Å²) in [5.41, 5.74) is 0.894. The summed E-state index contributed by atoms with van der Waals surface area (Å²) in [7, 11) is 0. The lowest BCUT2D eigenvalue weighted by atomic mass is 10.3. The maximum absolute atomic E-state index is 5.82. The third kappa shape index (κ3) is 4.34. The molecule has 2 aromatic rings. The minimum atomic E-state index is 0.563. The highest BCUT2D eigenvalue weighted by atomic mass is 16.5. The summed E-state index contributed by atoms with van der Waals surface area (Å²) in [4.78, 5) is 8.62. The predicted octanol–water partition coefficient (Wildman–Crippen LogP) is 3.80. The van der Waals surface area contributed by atoms with Crippen LogP contribution in [0.5, 0.6) is 17.4 Å². The normalized spacial score (nSPS) is 10.2. The van der Waals surface area contributed by atoms with Crippen LogP contribution >= 0.6 is 0 Å². The average molecular weight is 287 g/mol. The molecule has 21 heavy (non-hydrogen) atoms. The Hall–Kier alpha value is -2.30. The molecule has 0 aliphatic carbocycles. The van der Waals surface area contributed by atoms with E-state index >= 15 is 0 Å². The molecular formula is C16H21N3O2. The van der Waals surface area contributed by atoms with E-state index in [-0.39, 0.29) is 0 Å². The molecular weight excluding hydrogens is 266 g/mol. The molecule has 5 nitrogen and oxygen atoms in total. The van der Waals surface area contributed by atoms with Crippen LogP contribution in [-0.2, 0) is 0 Å². The van der Waals surface area contributed by atoms with E-state index < -0.39 is 0 Å². The Morgan fingerprint density at radius 2 is 1.81 bits per heavy atom. The third-order valence-electron chi connectivity index (χ3n) is 2.81. The van der Waals surface area contributed by atoms with E-state index in [1.54, 1.807) is 6.20 Å². The fourth-order valence-corrected chi connectivity index (χ4v) is 1.73. The van der Waals surface area contributed by atoms with Gasteiger partial charge in [-0.25, -0.2) is 4.98 Å². The number of benzene rings is 1. The predicted molar refractivity (Wildman–Crippen MR) is 83.2 cm³/mol. The van der Waals surface area contributed by atoms with Crippen molar-refractivity contribution in [1.29, 1.82) is 0 Å². The summed E-state index contributed by atoms with van der Waals surface area (Å²) in [5, 5.41) is 3.15. The SMILES string of the molecule is CCCNc1ncc(C)c(Oc2ccc(OCC)cc2)n1. The molecule has 0 fully saturated rings.